The van der Waals surface area contributed by atoms with Gasteiger partial charge in [0.15, 0.2) is 0 Å². The molecule has 3 fully saturated rings. The van der Waals surface area contributed by atoms with Gasteiger partial charge < -0.3 is 25.4 Å². The van der Waals surface area contributed by atoms with Gasteiger partial charge in [-0.25, -0.2) is 4.68 Å². The van der Waals surface area contributed by atoms with Crippen LogP contribution in [0.15, 0.2) is 48.5 Å². The molecular weight excluding hydrogens is 544 g/mol. The van der Waals surface area contributed by atoms with Crippen molar-refractivity contribution in [2.24, 2.45) is 11.8 Å². The van der Waals surface area contributed by atoms with Crippen LogP contribution in [0, 0.1) is 11.8 Å². The Kier molecular flexibility index (Phi) is 7.14. The van der Waals surface area contributed by atoms with Crippen molar-refractivity contribution in [3.05, 3.63) is 48.5 Å². The van der Waals surface area contributed by atoms with Gasteiger partial charge in [0.05, 0.1) is 28.7 Å². The van der Waals surface area contributed by atoms with Gasteiger partial charge >= 0.3 is 0 Å². The molecule has 3 aliphatic heterocycles. The van der Waals surface area contributed by atoms with Crippen LogP contribution in [0.25, 0.3) is 11.0 Å². The lowest BCUT2D eigenvalue weighted by atomic mass is 9.66. The highest BCUT2D eigenvalue weighted by Gasteiger charge is 2.77. The van der Waals surface area contributed by atoms with Crippen molar-refractivity contribution in [2.45, 2.75) is 55.3 Å². The molecule has 0 saturated carbocycles. The van der Waals surface area contributed by atoms with Gasteiger partial charge in [-0.05, 0) is 69.5 Å². The van der Waals surface area contributed by atoms with Gasteiger partial charge in [-0.1, -0.05) is 17.3 Å². The predicted octanol–water partition coefficient (Wildman–Crippen LogP) is 2.41. The number of rotatable bonds is 10. The number of ether oxygens (including phenoxy) is 1. The summed E-state index contributed by atoms with van der Waals surface area (Å²) in [4.78, 5) is 43.4. The zero-order valence-corrected chi connectivity index (χ0v) is 23.9. The second kappa shape index (κ2) is 10.6. The Morgan fingerprint density at radius 1 is 1.15 bits per heavy atom. The maximum absolute atomic E-state index is 14.1. The number of aromatic nitrogens is 3. The van der Waals surface area contributed by atoms with Crippen molar-refractivity contribution in [3.8, 4) is 5.75 Å². The van der Waals surface area contributed by atoms with E-state index in [1.807, 2.05) is 38.1 Å². The number of carbonyl (C=O) groups excluding carboxylic acids is 3. The number of hydrogen-bond donors (Lipinski definition) is 3. The topological polar surface area (TPSA) is 139 Å². The molecule has 41 heavy (non-hydrogen) atoms. The first kappa shape index (κ1) is 27.5. The number of benzene rings is 2. The maximum Gasteiger partial charge on any atom is 0.245 e. The SMILES string of the molecule is CCOc1ccc(NC(=O)[C@H]2[C@H]3C(=O)N(CCCO)C(C(=O)NCn4nnc5ccccc54)C34CC[C@]2(C)S4)cc1. The molecule has 2 bridgehead atoms. The van der Waals surface area contributed by atoms with E-state index in [9.17, 15) is 19.5 Å². The maximum atomic E-state index is 14.1. The minimum absolute atomic E-state index is 0.0994. The third kappa shape index (κ3) is 4.53. The molecule has 2 aromatic carbocycles. The van der Waals surface area contributed by atoms with E-state index in [-0.39, 0.29) is 37.5 Å². The third-order valence-electron chi connectivity index (χ3n) is 8.62. The molecule has 3 N–H and O–H groups in total. The Morgan fingerprint density at radius 3 is 2.68 bits per heavy atom. The van der Waals surface area contributed by atoms with Gasteiger partial charge in [0.25, 0.3) is 0 Å². The fourth-order valence-electron chi connectivity index (χ4n) is 6.91. The van der Waals surface area contributed by atoms with Crippen LogP contribution in [0.4, 0.5) is 5.69 Å². The normalized spacial score (nSPS) is 28.2. The number of nitrogens with zero attached hydrogens (tertiary/aromatic N) is 4. The van der Waals surface area contributed by atoms with Gasteiger partial charge in [0.1, 0.15) is 24.0 Å². The Bertz CT molecular complexity index is 1480. The second-order valence-electron chi connectivity index (χ2n) is 11.1. The van der Waals surface area contributed by atoms with Crippen molar-refractivity contribution in [1.82, 2.24) is 25.2 Å². The predicted molar refractivity (Wildman–Crippen MR) is 154 cm³/mol. The average molecular weight is 579 g/mol. The summed E-state index contributed by atoms with van der Waals surface area (Å²) in [5, 5.41) is 23.9. The van der Waals surface area contributed by atoms with Gasteiger partial charge in [0, 0.05) is 23.6 Å². The number of hydrogen-bond acceptors (Lipinski definition) is 8. The van der Waals surface area contributed by atoms with E-state index >= 15 is 0 Å². The number of nitrogens with one attached hydrogen (secondary N) is 2. The molecule has 11 nitrogen and oxygen atoms in total. The van der Waals surface area contributed by atoms with Crippen LogP contribution in [0.2, 0.25) is 0 Å². The van der Waals surface area contributed by atoms with E-state index in [0.29, 0.717) is 37.3 Å². The number of anilines is 1. The first-order chi connectivity index (χ1) is 19.8. The lowest BCUT2D eigenvalue weighted by Crippen LogP contribution is -2.54. The number of fused-ring (bicyclic) bond motifs is 2. The number of likely N-dealkylation sites (tertiary alicyclic amines) is 1. The summed E-state index contributed by atoms with van der Waals surface area (Å²) in [5.74, 6) is -1.24. The van der Waals surface area contributed by atoms with E-state index in [0.717, 1.165) is 11.0 Å². The highest BCUT2D eigenvalue weighted by molar-refractivity contribution is 8.02. The van der Waals surface area contributed by atoms with E-state index < -0.39 is 27.4 Å². The van der Waals surface area contributed by atoms with Gasteiger partial charge in [0.2, 0.25) is 17.7 Å². The van der Waals surface area contributed by atoms with Crippen LogP contribution in [0.1, 0.15) is 33.1 Å². The monoisotopic (exact) mass is 578 g/mol. The fourth-order valence-corrected chi connectivity index (χ4v) is 9.27. The summed E-state index contributed by atoms with van der Waals surface area (Å²) in [7, 11) is 0. The van der Waals surface area contributed by atoms with Crippen molar-refractivity contribution in [1.29, 1.82) is 0 Å². The van der Waals surface area contributed by atoms with Gasteiger partial charge in [-0.3, -0.25) is 14.4 Å². The molecule has 1 spiro atoms. The standard InChI is InChI=1S/C29H34N6O5S/c1-3-40-19-11-9-18(10-12-19)31-25(37)22-23-27(39)34(15-6-16-36)24(29(23)14-13-28(22,2)41-29)26(38)30-17-35-21-8-5-4-7-20(21)32-33-35/h4-5,7-12,22-24,36H,3,6,13-17H2,1-2H3,(H,30,38)(H,31,37)/t22-,23+,24?,28+,29?/m1/s1. The molecule has 3 saturated heterocycles. The third-order valence-corrected chi connectivity index (χ3v) is 10.6. The highest BCUT2D eigenvalue weighted by atomic mass is 32.2. The minimum atomic E-state index is -0.767. The van der Waals surface area contributed by atoms with Gasteiger partial charge in [-0.15, -0.1) is 16.9 Å². The van der Waals surface area contributed by atoms with Crippen LogP contribution >= 0.6 is 11.8 Å². The van der Waals surface area contributed by atoms with E-state index in [1.165, 1.54) is 0 Å². The summed E-state index contributed by atoms with van der Waals surface area (Å²) in [6.45, 7) is 4.73. The van der Waals surface area contributed by atoms with Crippen LogP contribution in [0.5, 0.6) is 5.75 Å². The van der Waals surface area contributed by atoms with Crippen molar-refractivity contribution in [2.75, 3.05) is 25.1 Å². The van der Waals surface area contributed by atoms with Gasteiger partial charge in [-0.2, -0.15) is 0 Å². The smallest absolute Gasteiger partial charge is 0.245 e. The number of aliphatic hydroxyl groups excluding tert-OH is 1. The van der Waals surface area contributed by atoms with Crippen molar-refractivity contribution in [3.63, 3.8) is 0 Å². The largest absolute Gasteiger partial charge is 0.494 e. The molecule has 1 aromatic heterocycles. The molecule has 216 valence electrons. The second-order valence-corrected chi connectivity index (χ2v) is 13.0. The Balaban J connectivity index is 1.26. The number of amides is 3. The summed E-state index contributed by atoms with van der Waals surface area (Å²) < 4.78 is 5.89. The summed E-state index contributed by atoms with van der Waals surface area (Å²) >= 11 is 1.61. The zero-order valence-electron chi connectivity index (χ0n) is 23.1. The van der Waals surface area contributed by atoms with Crippen LogP contribution in [0.3, 0.4) is 0 Å². The quantitative estimate of drug-likeness (QED) is 0.334. The molecule has 0 radical (unpaired) electrons. The van der Waals surface area contributed by atoms with Crippen molar-refractivity contribution >= 4 is 46.2 Å². The summed E-state index contributed by atoms with van der Waals surface area (Å²) in [6.07, 6.45) is 1.71. The van der Waals surface area contributed by atoms with Crippen LogP contribution in [-0.4, -0.2) is 78.0 Å². The lowest BCUT2D eigenvalue weighted by Gasteiger charge is -2.34. The van der Waals surface area contributed by atoms with Crippen molar-refractivity contribution < 1.29 is 24.2 Å². The summed E-state index contributed by atoms with van der Waals surface area (Å²) in [6, 6.07) is 13.9. The molecule has 3 amide bonds. The van der Waals surface area contributed by atoms with Crippen LogP contribution in [-0.2, 0) is 21.1 Å². The number of thioether (sulfide) groups is 1. The number of para-hydroxylation sites is 1. The molecule has 0 aliphatic carbocycles. The first-order valence-electron chi connectivity index (χ1n) is 14.0. The fraction of sp³-hybridized carbons (Fsp3) is 0.483. The Morgan fingerprint density at radius 2 is 1.93 bits per heavy atom. The average Bonchev–Trinajstić information content (AvgIpc) is 3.67. The summed E-state index contributed by atoms with van der Waals surface area (Å²) in [5.41, 5.74) is 2.14. The number of carbonyl (C=O) groups is 3. The lowest BCUT2D eigenvalue weighted by molar-refractivity contribution is -0.139. The number of aliphatic hydroxyl groups is 1. The molecule has 4 heterocycles. The Labute approximate surface area is 242 Å². The minimum Gasteiger partial charge on any atom is -0.494 e. The molecular formula is C29H34N6O5S. The molecule has 5 atom stereocenters. The first-order valence-corrected chi connectivity index (χ1v) is 14.8. The highest BCUT2D eigenvalue weighted by Crippen LogP contribution is 2.71. The molecule has 3 aliphatic rings. The zero-order chi connectivity index (χ0) is 28.8. The molecule has 3 aromatic rings. The van der Waals surface area contributed by atoms with Crippen LogP contribution < -0.4 is 15.4 Å². The van der Waals surface area contributed by atoms with E-state index in [4.69, 9.17) is 4.74 Å². The molecule has 2 unspecified atom stereocenters. The van der Waals surface area contributed by atoms with E-state index in [1.54, 1.807) is 45.6 Å². The Hall–Kier alpha value is -3.64. The van der Waals surface area contributed by atoms with E-state index in [2.05, 4.69) is 20.9 Å². The molecule has 6 rings (SSSR count). The molecule has 12 heteroatoms.